The van der Waals surface area contributed by atoms with Crippen molar-refractivity contribution in [3.63, 3.8) is 0 Å². The predicted octanol–water partition coefficient (Wildman–Crippen LogP) is 4.14. The zero-order valence-electron chi connectivity index (χ0n) is 15.0. The van der Waals surface area contributed by atoms with Crippen molar-refractivity contribution in [2.45, 2.75) is 63.8 Å². The fourth-order valence-corrected chi connectivity index (χ4v) is 3.50. The van der Waals surface area contributed by atoms with E-state index in [0.29, 0.717) is 6.61 Å². The van der Waals surface area contributed by atoms with Crippen LogP contribution >= 0.6 is 0 Å². The van der Waals surface area contributed by atoms with Crippen LogP contribution in [0.3, 0.4) is 0 Å². The minimum Gasteiger partial charge on any atom is -0.383 e. The molecule has 2 N–H and O–H groups in total. The van der Waals surface area contributed by atoms with Gasteiger partial charge in [-0.25, -0.2) is 0 Å². The molecule has 1 saturated heterocycles. The van der Waals surface area contributed by atoms with E-state index >= 15 is 0 Å². The Morgan fingerprint density at radius 3 is 2.48 bits per heavy atom. The van der Waals surface area contributed by atoms with Gasteiger partial charge in [-0.05, 0) is 37.0 Å². The first-order valence-corrected chi connectivity index (χ1v) is 9.28. The van der Waals surface area contributed by atoms with E-state index in [1.165, 1.54) is 56.2 Å². The fourth-order valence-electron chi connectivity index (χ4n) is 3.50. The molecule has 0 radical (unpaired) electrons. The van der Waals surface area contributed by atoms with E-state index in [2.05, 4.69) is 36.1 Å². The van der Waals surface area contributed by atoms with Gasteiger partial charge in [-0.3, -0.25) is 0 Å². The number of unbranched alkanes of at least 4 members (excludes halogenated alkanes) is 5. The van der Waals surface area contributed by atoms with Crippen molar-refractivity contribution in [3.8, 4) is 0 Å². The number of aryl methyl sites for hydroxylation is 1. The lowest BCUT2D eigenvalue weighted by molar-refractivity contribution is 0.142. The summed E-state index contributed by atoms with van der Waals surface area (Å²) < 4.78 is 5.26. The molecule has 1 unspecified atom stereocenters. The molecule has 0 amide bonds. The number of nitrogens with zero attached hydrogens (tertiary/aromatic N) is 1. The first kappa shape index (κ1) is 18.3. The fraction of sp³-hybridized carbons (Fsp3) is 0.700. The van der Waals surface area contributed by atoms with Gasteiger partial charge in [0.2, 0.25) is 0 Å². The zero-order valence-corrected chi connectivity index (χ0v) is 15.0. The Morgan fingerprint density at radius 1 is 1.09 bits per heavy atom. The van der Waals surface area contributed by atoms with Gasteiger partial charge >= 0.3 is 0 Å². The third kappa shape index (κ3) is 5.82. The summed E-state index contributed by atoms with van der Waals surface area (Å²) in [4.78, 5) is 2.38. The monoisotopic (exact) mass is 318 g/mol. The van der Waals surface area contributed by atoms with Crippen molar-refractivity contribution in [1.29, 1.82) is 0 Å². The minimum atomic E-state index is -0.189. The highest BCUT2D eigenvalue weighted by Crippen LogP contribution is 2.26. The van der Waals surface area contributed by atoms with Gasteiger partial charge in [0.1, 0.15) is 0 Å². The van der Waals surface area contributed by atoms with Crippen LogP contribution in [0.15, 0.2) is 24.3 Å². The summed E-state index contributed by atoms with van der Waals surface area (Å²) in [5.74, 6) is 0. The normalized spacial score (nSPS) is 21.1. The molecule has 0 aromatic heterocycles. The second-order valence-electron chi connectivity index (χ2n) is 7.15. The number of nitrogens with two attached hydrogens (primary N) is 1. The maximum absolute atomic E-state index is 6.38. The lowest BCUT2D eigenvalue weighted by Gasteiger charge is -2.24. The molecule has 1 aliphatic rings. The van der Waals surface area contributed by atoms with Crippen LogP contribution in [0.1, 0.15) is 57.4 Å². The summed E-state index contributed by atoms with van der Waals surface area (Å²) in [6.07, 6.45) is 10.4. The third-order valence-corrected chi connectivity index (χ3v) is 4.94. The molecule has 23 heavy (non-hydrogen) atoms. The Kier molecular flexibility index (Phi) is 7.38. The average molecular weight is 319 g/mol. The molecular weight excluding hydrogens is 284 g/mol. The number of ether oxygens (including phenoxy) is 1. The number of methoxy groups -OCH3 is 1. The molecule has 1 aromatic rings. The first-order valence-electron chi connectivity index (χ1n) is 9.28. The van der Waals surface area contributed by atoms with Crippen LogP contribution in [0.2, 0.25) is 0 Å². The molecule has 1 aromatic carbocycles. The molecule has 1 heterocycles. The van der Waals surface area contributed by atoms with Crippen LogP contribution in [0.5, 0.6) is 0 Å². The molecule has 1 atom stereocenters. The number of benzene rings is 1. The molecular formula is C20H34N2O. The topological polar surface area (TPSA) is 38.5 Å². The van der Waals surface area contributed by atoms with E-state index in [1.807, 2.05) is 0 Å². The Labute approximate surface area is 142 Å². The van der Waals surface area contributed by atoms with Crippen LogP contribution in [0, 0.1) is 0 Å². The zero-order chi connectivity index (χ0) is 16.5. The van der Waals surface area contributed by atoms with Gasteiger partial charge in [0, 0.05) is 25.9 Å². The smallest absolute Gasteiger partial charge is 0.0660 e. The van der Waals surface area contributed by atoms with Crippen molar-refractivity contribution in [3.05, 3.63) is 29.8 Å². The third-order valence-electron chi connectivity index (χ3n) is 4.94. The maximum Gasteiger partial charge on any atom is 0.0660 e. The van der Waals surface area contributed by atoms with Crippen molar-refractivity contribution in [1.82, 2.24) is 0 Å². The van der Waals surface area contributed by atoms with Crippen molar-refractivity contribution < 1.29 is 4.74 Å². The lowest BCUT2D eigenvalue weighted by Crippen LogP contribution is -2.46. The molecule has 0 saturated carbocycles. The van der Waals surface area contributed by atoms with Gasteiger partial charge in [-0.15, -0.1) is 0 Å². The summed E-state index contributed by atoms with van der Waals surface area (Å²) >= 11 is 0. The number of hydrogen-bond donors (Lipinski definition) is 1. The molecule has 3 heteroatoms. The highest BCUT2D eigenvalue weighted by molar-refractivity contribution is 5.49. The van der Waals surface area contributed by atoms with Crippen molar-refractivity contribution >= 4 is 5.69 Å². The van der Waals surface area contributed by atoms with E-state index in [4.69, 9.17) is 10.5 Å². The second-order valence-corrected chi connectivity index (χ2v) is 7.15. The molecule has 0 aliphatic carbocycles. The summed E-state index contributed by atoms with van der Waals surface area (Å²) in [5, 5.41) is 0. The van der Waals surface area contributed by atoms with Gasteiger partial charge in [0.05, 0.1) is 12.1 Å². The molecule has 1 fully saturated rings. The number of hydrogen-bond acceptors (Lipinski definition) is 3. The molecule has 130 valence electrons. The van der Waals surface area contributed by atoms with Gasteiger partial charge in [-0.1, -0.05) is 51.2 Å². The Morgan fingerprint density at radius 2 is 1.78 bits per heavy atom. The van der Waals surface area contributed by atoms with Gasteiger partial charge in [0.25, 0.3) is 0 Å². The van der Waals surface area contributed by atoms with Crippen molar-refractivity contribution in [2.75, 3.05) is 31.7 Å². The van der Waals surface area contributed by atoms with Crippen LogP contribution in [-0.2, 0) is 11.2 Å². The molecule has 3 nitrogen and oxygen atoms in total. The van der Waals surface area contributed by atoms with Crippen LogP contribution < -0.4 is 10.6 Å². The standard InChI is InChI=1S/C20H34N2O/c1-3-4-5-6-7-8-9-18-10-12-19(13-11-18)22-15-14-20(21,16-22)17-23-2/h10-13H,3-9,14-17,21H2,1-2H3. The Balaban J connectivity index is 1.74. The van der Waals surface area contributed by atoms with Crippen LogP contribution in [0.4, 0.5) is 5.69 Å². The minimum absolute atomic E-state index is 0.189. The quantitative estimate of drug-likeness (QED) is 0.659. The summed E-state index contributed by atoms with van der Waals surface area (Å²) in [7, 11) is 1.73. The number of rotatable bonds is 10. The number of anilines is 1. The van der Waals surface area contributed by atoms with E-state index in [-0.39, 0.29) is 5.54 Å². The summed E-state index contributed by atoms with van der Waals surface area (Å²) in [5.41, 5.74) is 8.94. The van der Waals surface area contributed by atoms with E-state index < -0.39 is 0 Å². The summed E-state index contributed by atoms with van der Waals surface area (Å²) in [6.45, 7) is 4.82. The van der Waals surface area contributed by atoms with E-state index in [9.17, 15) is 0 Å². The summed E-state index contributed by atoms with van der Waals surface area (Å²) in [6, 6.07) is 9.08. The molecule has 0 spiro atoms. The van der Waals surface area contributed by atoms with E-state index in [1.54, 1.807) is 7.11 Å². The highest BCUT2D eigenvalue weighted by atomic mass is 16.5. The SMILES string of the molecule is CCCCCCCCc1ccc(N2CCC(N)(COC)C2)cc1. The average Bonchev–Trinajstić information content (AvgIpc) is 2.94. The van der Waals surface area contributed by atoms with Gasteiger partial charge in [-0.2, -0.15) is 0 Å². The lowest BCUT2D eigenvalue weighted by atomic mass is 10.0. The molecule has 0 bridgehead atoms. The Bertz CT molecular complexity index is 445. The van der Waals surface area contributed by atoms with Gasteiger partial charge in [0.15, 0.2) is 0 Å². The second kappa shape index (κ2) is 9.29. The maximum atomic E-state index is 6.38. The largest absolute Gasteiger partial charge is 0.383 e. The first-order chi connectivity index (χ1) is 11.2. The van der Waals surface area contributed by atoms with Crippen LogP contribution in [0.25, 0.3) is 0 Å². The Hall–Kier alpha value is -1.06. The van der Waals surface area contributed by atoms with E-state index in [0.717, 1.165) is 19.5 Å². The van der Waals surface area contributed by atoms with Gasteiger partial charge < -0.3 is 15.4 Å². The molecule has 1 aliphatic heterocycles. The highest BCUT2D eigenvalue weighted by Gasteiger charge is 2.34. The van der Waals surface area contributed by atoms with Crippen LogP contribution in [-0.4, -0.2) is 32.3 Å². The van der Waals surface area contributed by atoms with Crippen molar-refractivity contribution in [2.24, 2.45) is 5.73 Å². The molecule has 2 rings (SSSR count). The predicted molar refractivity (Wildman–Crippen MR) is 99.1 cm³/mol.